The summed E-state index contributed by atoms with van der Waals surface area (Å²) in [4.78, 5) is 2.36. The number of allylic oxidation sites excluding steroid dienone is 12. The van der Waals surface area contributed by atoms with Gasteiger partial charge in [0.2, 0.25) is 0 Å². The van der Waals surface area contributed by atoms with Crippen molar-refractivity contribution >= 4 is 16.8 Å². The number of benzene rings is 2. The number of hydrogen-bond acceptors (Lipinski definition) is 3. The Balaban J connectivity index is 1.57. The highest BCUT2D eigenvalue weighted by Crippen LogP contribution is 2.26. The average molecular weight is 515 g/mol. The van der Waals surface area contributed by atoms with Crippen LogP contribution in [0.15, 0.2) is 151 Å². The molecule has 3 heteroatoms. The lowest BCUT2D eigenvalue weighted by Gasteiger charge is -2.22. The molecule has 2 N–H and O–H groups in total. The van der Waals surface area contributed by atoms with Gasteiger partial charge in [0.1, 0.15) is 0 Å². The first-order valence-corrected chi connectivity index (χ1v) is 13.5. The minimum atomic E-state index is 0.753. The van der Waals surface area contributed by atoms with Gasteiger partial charge in [-0.2, -0.15) is 0 Å². The van der Waals surface area contributed by atoms with Crippen LogP contribution in [0.5, 0.6) is 0 Å². The Morgan fingerprint density at radius 2 is 1.72 bits per heavy atom. The molecular weight excluding hydrogens is 476 g/mol. The highest BCUT2D eigenvalue weighted by atomic mass is 16.2. The second kappa shape index (κ2) is 13.9. The van der Waals surface area contributed by atoms with Crippen molar-refractivity contribution in [2.45, 2.75) is 26.7 Å². The minimum absolute atomic E-state index is 0.753. The van der Waals surface area contributed by atoms with E-state index in [0.29, 0.717) is 0 Å². The SMILES string of the molecule is C=C(/C=C(\C=C/O)NC1=C(C)\C(C)=C\C=C/CN(c2ccc(C3=CCC=CC3)cc2)C/C=C\1)c1ccccc1. The standard InChI is InChI=1S/C36H38N2O/c1-28-13-10-11-24-38(35-21-19-33(20-22-35)32-16-8-5-9-17-32)25-12-18-36(30(28)3)37-34(23-26-39)27-29(2)31-14-6-4-7-15-31/h4-8,10-15,17-23,26-27,37,39H,2,9,16,24-25H2,1,3H3/b11-10-,18-12-,26-23-,28-13+,34-27+,36-30-. The molecule has 2 aliphatic rings. The van der Waals surface area contributed by atoms with Crippen LogP contribution in [0.4, 0.5) is 5.69 Å². The smallest absolute Gasteiger partial charge is 0.0812 e. The molecule has 198 valence electrons. The molecule has 4 rings (SSSR count). The maximum atomic E-state index is 9.59. The van der Waals surface area contributed by atoms with E-state index in [4.69, 9.17) is 0 Å². The summed E-state index contributed by atoms with van der Waals surface area (Å²) in [5.41, 5.74) is 9.80. The minimum Gasteiger partial charge on any atom is -0.516 e. The third-order valence-electron chi connectivity index (χ3n) is 7.03. The second-order valence-corrected chi connectivity index (χ2v) is 9.74. The van der Waals surface area contributed by atoms with Crippen molar-refractivity contribution in [3.05, 3.63) is 162 Å². The van der Waals surface area contributed by atoms with Gasteiger partial charge in [-0.1, -0.05) is 91.6 Å². The molecule has 0 saturated carbocycles. The van der Waals surface area contributed by atoms with Gasteiger partial charge >= 0.3 is 0 Å². The lowest BCUT2D eigenvalue weighted by atomic mass is 9.98. The first kappa shape index (κ1) is 27.5. The van der Waals surface area contributed by atoms with E-state index in [1.807, 2.05) is 36.4 Å². The molecule has 0 saturated heterocycles. The van der Waals surface area contributed by atoms with Gasteiger partial charge in [0.15, 0.2) is 0 Å². The molecule has 2 aromatic carbocycles. The number of rotatable bonds is 7. The maximum Gasteiger partial charge on any atom is 0.0812 e. The van der Waals surface area contributed by atoms with Crippen molar-refractivity contribution in [3.63, 3.8) is 0 Å². The molecule has 1 aliphatic carbocycles. The zero-order chi connectivity index (χ0) is 27.5. The zero-order valence-corrected chi connectivity index (χ0v) is 23.0. The summed E-state index contributed by atoms with van der Waals surface area (Å²) < 4.78 is 0. The van der Waals surface area contributed by atoms with Gasteiger partial charge in [-0.3, -0.25) is 0 Å². The number of nitrogens with one attached hydrogen (secondary N) is 1. The van der Waals surface area contributed by atoms with E-state index in [1.165, 1.54) is 22.4 Å². The van der Waals surface area contributed by atoms with Gasteiger partial charge in [0, 0.05) is 30.2 Å². The Morgan fingerprint density at radius 3 is 2.44 bits per heavy atom. The van der Waals surface area contributed by atoms with Gasteiger partial charge in [0.05, 0.1) is 6.26 Å². The van der Waals surface area contributed by atoms with Crippen LogP contribution in [0.3, 0.4) is 0 Å². The molecule has 0 radical (unpaired) electrons. The van der Waals surface area contributed by atoms with Crippen molar-refractivity contribution in [2.24, 2.45) is 0 Å². The Bertz CT molecular complexity index is 1390. The van der Waals surface area contributed by atoms with Crippen LogP contribution in [0, 0.1) is 0 Å². The van der Waals surface area contributed by atoms with Crippen LogP contribution in [0.2, 0.25) is 0 Å². The van der Waals surface area contributed by atoms with Crippen LogP contribution >= 0.6 is 0 Å². The van der Waals surface area contributed by atoms with Gasteiger partial charge in [-0.15, -0.1) is 0 Å². The predicted octanol–water partition coefficient (Wildman–Crippen LogP) is 8.83. The second-order valence-electron chi connectivity index (χ2n) is 9.74. The largest absolute Gasteiger partial charge is 0.516 e. The van der Waals surface area contributed by atoms with E-state index < -0.39 is 0 Å². The molecule has 0 atom stereocenters. The Morgan fingerprint density at radius 1 is 0.949 bits per heavy atom. The Kier molecular flexibility index (Phi) is 9.80. The lowest BCUT2D eigenvalue weighted by molar-refractivity contribution is 0.473. The molecule has 0 unspecified atom stereocenters. The van der Waals surface area contributed by atoms with Crippen molar-refractivity contribution in [3.8, 4) is 0 Å². The Labute approximate surface area is 233 Å². The fourth-order valence-corrected chi connectivity index (χ4v) is 4.59. The van der Waals surface area contributed by atoms with Gasteiger partial charge < -0.3 is 15.3 Å². The van der Waals surface area contributed by atoms with Gasteiger partial charge in [-0.05, 0) is 90.5 Å². The quantitative estimate of drug-likeness (QED) is 0.220. The number of aliphatic hydroxyl groups excluding tert-OH is 1. The fourth-order valence-electron chi connectivity index (χ4n) is 4.59. The summed E-state index contributed by atoms with van der Waals surface area (Å²) >= 11 is 0. The summed E-state index contributed by atoms with van der Waals surface area (Å²) in [6.07, 6.45) is 24.2. The molecule has 1 aliphatic heterocycles. The van der Waals surface area contributed by atoms with E-state index in [9.17, 15) is 5.11 Å². The third kappa shape index (κ3) is 7.75. The first-order valence-electron chi connectivity index (χ1n) is 13.5. The van der Waals surface area contributed by atoms with Crippen LogP contribution in [0.1, 0.15) is 37.8 Å². The normalized spacial score (nSPS) is 21.5. The molecule has 0 fully saturated rings. The highest BCUT2D eigenvalue weighted by Gasteiger charge is 2.09. The molecule has 0 aromatic heterocycles. The van der Waals surface area contributed by atoms with Crippen LogP contribution in [0.25, 0.3) is 11.1 Å². The number of hydrogen-bond donors (Lipinski definition) is 2. The molecule has 2 aromatic rings. The fraction of sp³-hybridized carbons (Fsp3) is 0.167. The van der Waals surface area contributed by atoms with Crippen LogP contribution in [-0.2, 0) is 0 Å². The molecule has 39 heavy (non-hydrogen) atoms. The zero-order valence-electron chi connectivity index (χ0n) is 23.0. The van der Waals surface area contributed by atoms with Crippen LogP contribution in [-0.4, -0.2) is 18.2 Å². The maximum absolute atomic E-state index is 9.59. The third-order valence-corrected chi connectivity index (χ3v) is 7.03. The van der Waals surface area contributed by atoms with Crippen molar-refractivity contribution in [1.29, 1.82) is 0 Å². The molecule has 1 heterocycles. The van der Waals surface area contributed by atoms with E-state index in [1.54, 1.807) is 6.08 Å². The average Bonchev–Trinajstić information content (AvgIpc) is 3.00. The summed E-state index contributed by atoms with van der Waals surface area (Å²) in [7, 11) is 0. The van der Waals surface area contributed by atoms with Crippen molar-refractivity contribution in [1.82, 2.24) is 5.32 Å². The summed E-state index contributed by atoms with van der Waals surface area (Å²) in [6, 6.07) is 18.9. The van der Waals surface area contributed by atoms with E-state index in [2.05, 4.69) is 104 Å². The first-order chi connectivity index (χ1) is 19.0. The molecule has 0 bridgehead atoms. The Hall–Kier alpha value is -4.50. The van der Waals surface area contributed by atoms with Crippen molar-refractivity contribution < 1.29 is 5.11 Å². The van der Waals surface area contributed by atoms with Gasteiger partial charge in [-0.25, -0.2) is 0 Å². The molecule has 0 amide bonds. The van der Waals surface area contributed by atoms with E-state index in [-0.39, 0.29) is 0 Å². The molecule has 3 nitrogen and oxygen atoms in total. The number of aliphatic hydroxyl groups is 1. The van der Waals surface area contributed by atoms with Gasteiger partial charge in [0.25, 0.3) is 0 Å². The van der Waals surface area contributed by atoms with E-state index >= 15 is 0 Å². The molecular formula is C36H38N2O. The number of anilines is 1. The summed E-state index contributed by atoms with van der Waals surface area (Å²) in [6.45, 7) is 10.0. The number of nitrogens with zero attached hydrogens (tertiary/aromatic N) is 1. The topological polar surface area (TPSA) is 35.5 Å². The highest BCUT2D eigenvalue weighted by molar-refractivity contribution is 5.73. The van der Waals surface area contributed by atoms with Crippen molar-refractivity contribution in [2.75, 3.05) is 18.0 Å². The lowest BCUT2D eigenvalue weighted by Crippen LogP contribution is -2.23. The van der Waals surface area contributed by atoms with Crippen LogP contribution < -0.4 is 10.2 Å². The summed E-state index contributed by atoms with van der Waals surface area (Å²) in [5, 5.41) is 13.1. The monoisotopic (exact) mass is 514 g/mol. The summed E-state index contributed by atoms with van der Waals surface area (Å²) in [5.74, 6) is 0. The van der Waals surface area contributed by atoms with E-state index in [0.717, 1.165) is 60.3 Å². The predicted molar refractivity (Wildman–Crippen MR) is 168 cm³/mol. The molecule has 0 spiro atoms.